The van der Waals surface area contributed by atoms with Gasteiger partial charge in [-0.15, -0.1) is 5.10 Å². The van der Waals surface area contributed by atoms with E-state index in [2.05, 4.69) is 20.8 Å². The molecular weight excluding hydrogens is 423 g/mol. The van der Waals surface area contributed by atoms with Gasteiger partial charge in [0, 0.05) is 17.6 Å². The Morgan fingerprint density at radius 3 is 2.43 bits per heavy atom. The lowest BCUT2D eigenvalue weighted by atomic mass is 10.1. The fourth-order valence-electron chi connectivity index (χ4n) is 2.65. The lowest BCUT2D eigenvalue weighted by Crippen LogP contribution is -2.18. The van der Waals surface area contributed by atoms with Crippen LogP contribution in [-0.4, -0.2) is 26.8 Å². The number of hydrogen-bond donors (Lipinski definition) is 2. The van der Waals surface area contributed by atoms with Gasteiger partial charge in [0.2, 0.25) is 5.91 Å². The third-order valence-corrected chi connectivity index (χ3v) is 4.16. The number of rotatable bonds is 4. The third-order valence-electron chi connectivity index (χ3n) is 3.93. The minimum atomic E-state index is -4.76. The van der Waals surface area contributed by atoms with Crippen LogP contribution in [0.15, 0.2) is 42.5 Å². The summed E-state index contributed by atoms with van der Waals surface area (Å²) in [5.41, 5.74) is -1.07. The number of carbonyl (C=O) groups is 2. The summed E-state index contributed by atoms with van der Waals surface area (Å²) in [7, 11) is 0. The first-order valence-corrected chi connectivity index (χ1v) is 8.92. The Labute approximate surface area is 173 Å². The summed E-state index contributed by atoms with van der Waals surface area (Å²) in [5, 5.41) is 13.1. The first-order valence-electron chi connectivity index (χ1n) is 8.54. The van der Waals surface area contributed by atoms with Gasteiger partial charge in [-0.2, -0.15) is 23.1 Å². The maximum absolute atomic E-state index is 13.5. The predicted molar refractivity (Wildman–Crippen MR) is 105 cm³/mol. The normalized spacial score (nSPS) is 11.3. The Bertz CT molecular complexity index is 1130. The van der Waals surface area contributed by atoms with E-state index in [1.165, 1.54) is 24.7 Å². The van der Waals surface area contributed by atoms with Crippen molar-refractivity contribution in [3.8, 4) is 5.69 Å². The van der Waals surface area contributed by atoms with Gasteiger partial charge in [-0.25, -0.2) is 0 Å². The Kier molecular flexibility index (Phi) is 5.79. The van der Waals surface area contributed by atoms with Crippen LogP contribution in [0.2, 0.25) is 5.02 Å². The quantitative estimate of drug-likeness (QED) is 0.630. The topological polar surface area (TPSA) is 88.9 Å². The van der Waals surface area contributed by atoms with Crippen LogP contribution < -0.4 is 10.6 Å². The molecule has 3 rings (SSSR count). The van der Waals surface area contributed by atoms with Crippen LogP contribution in [0.1, 0.15) is 28.7 Å². The second-order valence-corrected chi connectivity index (χ2v) is 6.73. The lowest BCUT2D eigenvalue weighted by Gasteiger charge is -2.15. The zero-order valence-electron chi connectivity index (χ0n) is 15.7. The molecule has 0 saturated carbocycles. The Morgan fingerprint density at radius 2 is 1.80 bits per heavy atom. The number of anilines is 2. The summed E-state index contributed by atoms with van der Waals surface area (Å²) in [5.74, 6) is -1.38. The molecule has 0 aliphatic rings. The number of alkyl halides is 3. The molecule has 0 aliphatic carbocycles. The van der Waals surface area contributed by atoms with Crippen molar-refractivity contribution >= 4 is 34.8 Å². The fraction of sp³-hybridized carbons (Fsp3) is 0.158. The molecule has 1 heterocycles. The summed E-state index contributed by atoms with van der Waals surface area (Å²) >= 11 is 5.93. The van der Waals surface area contributed by atoms with Crippen LogP contribution >= 0.6 is 11.6 Å². The van der Waals surface area contributed by atoms with Gasteiger partial charge in [0.15, 0.2) is 5.69 Å². The molecule has 30 heavy (non-hydrogen) atoms. The molecule has 0 fully saturated rings. The highest BCUT2D eigenvalue weighted by Crippen LogP contribution is 2.36. The number of benzene rings is 2. The smallest absolute Gasteiger partial charge is 0.326 e. The minimum Gasteiger partial charge on any atom is -0.326 e. The van der Waals surface area contributed by atoms with Crippen molar-refractivity contribution in [2.75, 3.05) is 10.6 Å². The van der Waals surface area contributed by atoms with E-state index in [4.69, 9.17) is 11.6 Å². The van der Waals surface area contributed by atoms with Gasteiger partial charge >= 0.3 is 6.18 Å². The first-order chi connectivity index (χ1) is 14.0. The Balaban J connectivity index is 1.92. The molecule has 0 saturated heterocycles. The maximum Gasteiger partial charge on any atom is 0.418 e. The van der Waals surface area contributed by atoms with Crippen LogP contribution in [0.4, 0.5) is 24.5 Å². The highest BCUT2D eigenvalue weighted by molar-refractivity contribution is 6.30. The minimum absolute atomic E-state index is 0.0455. The van der Waals surface area contributed by atoms with Crippen LogP contribution in [0.25, 0.3) is 5.69 Å². The van der Waals surface area contributed by atoms with Crippen molar-refractivity contribution in [3.63, 3.8) is 0 Å². The van der Waals surface area contributed by atoms with E-state index in [1.807, 2.05) is 0 Å². The van der Waals surface area contributed by atoms with Gasteiger partial charge in [-0.05, 0) is 43.3 Å². The van der Waals surface area contributed by atoms with Crippen molar-refractivity contribution in [2.45, 2.75) is 20.0 Å². The molecule has 0 unspecified atom stereocenters. The van der Waals surface area contributed by atoms with Crippen molar-refractivity contribution < 1.29 is 22.8 Å². The largest absolute Gasteiger partial charge is 0.418 e. The van der Waals surface area contributed by atoms with Gasteiger partial charge in [-0.3, -0.25) is 9.59 Å². The van der Waals surface area contributed by atoms with E-state index in [1.54, 1.807) is 24.3 Å². The highest BCUT2D eigenvalue weighted by Gasteiger charge is 2.34. The predicted octanol–water partition coefficient (Wildman–Crippen LogP) is 4.46. The average Bonchev–Trinajstić information content (AvgIpc) is 3.03. The Morgan fingerprint density at radius 1 is 1.07 bits per heavy atom. The molecule has 0 atom stereocenters. The number of nitrogens with one attached hydrogen (secondary N) is 2. The molecule has 0 radical (unpaired) electrons. The van der Waals surface area contributed by atoms with E-state index in [0.29, 0.717) is 10.7 Å². The van der Waals surface area contributed by atoms with E-state index < -0.39 is 29.2 Å². The molecule has 156 valence electrons. The molecule has 7 nitrogen and oxygen atoms in total. The number of aryl methyl sites for hydroxylation is 1. The summed E-state index contributed by atoms with van der Waals surface area (Å²) in [6, 6.07) is 9.61. The number of hydrogen-bond acceptors (Lipinski definition) is 4. The SMILES string of the molecule is CC(=O)Nc1ccc(NC(=O)c2nn(-c3cccc(Cl)c3)nc2C)c(C(F)(F)F)c1. The zero-order valence-corrected chi connectivity index (χ0v) is 16.5. The van der Waals surface area contributed by atoms with Crippen molar-refractivity contribution in [1.29, 1.82) is 0 Å². The van der Waals surface area contributed by atoms with E-state index in [0.717, 1.165) is 12.1 Å². The second-order valence-electron chi connectivity index (χ2n) is 6.30. The Hall–Kier alpha value is -3.40. The van der Waals surface area contributed by atoms with E-state index in [-0.39, 0.29) is 17.1 Å². The van der Waals surface area contributed by atoms with E-state index in [9.17, 15) is 22.8 Å². The second kappa shape index (κ2) is 8.15. The van der Waals surface area contributed by atoms with Gasteiger partial charge in [0.25, 0.3) is 5.91 Å². The molecule has 2 aromatic carbocycles. The molecule has 0 spiro atoms. The molecule has 2 amide bonds. The van der Waals surface area contributed by atoms with Crippen LogP contribution in [0, 0.1) is 6.92 Å². The van der Waals surface area contributed by atoms with Gasteiger partial charge in [0.1, 0.15) is 0 Å². The molecule has 2 N–H and O–H groups in total. The number of amides is 2. The average molecular weight is 438 g/mol. The van der Waals surface area contributed by atoms with Gasteiger partial charge < -0.3 is 10.6 Å². The van der Waals surface area contributed by atoms with Crippen molar-refractivity contribution in [1.82, 2.24) is 15.0 Å². The molecular formula is C19H15ClF3N5O2. The molecule has 11 heteroatoms. The molecule has 3 aromatic rings. The number of halogens is 4. The summed E-state index contributed by atoms with van der Waals surface area (Å²) in [4.78, 5) is 24.9. The third kappa shape index (κ3) is 4.77. The number of nitrogens with zero attached hydrogens (tertiary/aromatic N) is 3. The highest BCUT2D eigenvalue weighted by atomic mass is 35.5. The van der Waals surface area contributed by atoms with Crippen LogP contribution in [-0.2, 0) is 11.0 Å². The van der Waals surface area contributed by atoms with Crippen LogP contribution in [0.3, 0.4) is 0 Å². The molecule has 1 aromatic heterocycles. The fourth-order valence-corrected chi connectivity index (χ4v) is 2.84. The number of carbonyl (C=O) groups excluding carboxylic acids is 2. The molecule has 0 aliphatic heterocycles. The summed E-state index contributed by atoms with van der Waals surface area (Å²) in [6.45, 7) is 2.68. The number of aromatic nitrogens is 3. The van der Waals surface area contributed by atoms with Crippen LogP contribution in [0.5, 0.6) is 0 Å². The zero-order chi connectivity index (χ0) is 22.1. The van der Waals surface area contributed by atoms with E-state index >= 15 is 0 Å². The standard InChI is InChI=1S/C19H15ClF3N5O2/c1-10-17(27-28(26-10)14-5-3-4-12(20)8-14)18(30)25-16-7-6-13(24-11(2)29)9-15(16)19(21,22)23/h3-9H,1-2H3,(H,24,29)(H,25,30). The first kappa shape index (κ1) is 21.3. The summed E-state index contributed by atoms with van der Waals surface area (Å²) < 4.78 is 40.4. The van der Waals surface area contributed by atoms with Gasteiger partial charge in [-0.1, -0.05) is 17.7 Å². The monoisotopic (exact) mass is 437 g/mol. The summed E-state index contributed by atoms with van der Waals surface area (Å²) in [6.07, 6.45) is -4.76. The van der Waals surface area contributed by atoms with Gasteiger partial charge in [0.05, 0.1) is 22.6 Å². The lowest BCUT2D eigenvalue weighted by molar-refractivity contribution is -0.137. The maximum atomic E-state index is 13.5. The molecule has 0 bridgehead atoms. The van der Waals surface area contributed by atoms with Crippen molar-refractivity contribution in [3.05, 3.63) is 64.4 Å². The van der Waals surface area contributed by atoms with Crippen molar-refractivity contribution in [2.24, 2.45) is 0 Å².